The Hall–Kier alpha value is -2.35. The average molecular weight is 415 g/mol. The summed E-state index contributed by atoms with van der Waals surface area (Å²) in [6.07, 6.45) is 2.05. The summed E-state index contributed by atoms with van der Waals surface area (Å²) in [7, 11) is 1.37. The smallest absolute Gasteiger partial charge is 0.337 e. The molecule has 4 rings (SSSR count). The lowest BCUT2D eigenvalue weighted by atomic mass is 9.80. The highest BCUT2D eigenvalue weighted by Gasteiger charge is 2.39. The predicted molar refractivity (Wildman–Crippen MR) is 110 cm³/mol. The van der Waals surface area contributed by atoms with Gasteiger partial charge in [0.1, 0.15) is 11.6 Å². The molecule has 0 bridgehead atoms. The number of benzene rings is 2. The molecule has 0 aliphatic carbocycles. The number of nitrogens with one attached hydrogen (secondary N) is 2. The topological polar surface area (TPSA) is 53.6 Å². The molecule has 2 aliphatic heterocycles. The van der Waals surface area contributed by atoms with E-state index in [1.54, 1.807) is 12.1 Å². The maximum absolute atomic E-state index is 14.4. The van der Waals surface area contributed by atoms with Crippen molar-refractivity contribution in [1.82, 2.24) is 15.8 Å². The van der Waals surface area contributed by atoms with Gasteiger partial charge in [-0.2, -0.15) is 0 Å². The van der Waals surface area contributed by atoms with E-state index in [9.17, 15) is 13.6 Å². The first-order chi connectivity index (χ1) is 14.6. The van der Waals surface area contributed by atoms with Crippen molar-refractivity contribution in [3.63, 3.8) is 0 Å². The molecule has 2 fully saturated rings. The molecule has 160 valence electrons. The summed E-state index contributed by atoms with van der Waals surface area (Å²) in [6, 6.07) is 11.5. The quantitative estimate of drug-likeness (QED) is 0.735. The van der Waals surface area contributed by atoms with Crippen molar-refractivity contribution in [2.45, 2.75) is 31.3 Å². The van der Waals surface area contributed by atoms with E-state index in [0.29, 0.717) is 12.1 Å². The van der Waals surface area contributed by atoms with Gasteiger partial charge in [-0.05, 0) is 55.1 Å². The van der Waals surface area contributed by atoms with E-state index in [0.717, 1.165) is 38.0 Å². The zero-order valence-corrected chi connectivity index (χ0v) is 17.0. The molecule has 2 heterocycles. The molecular weight excluding hydrogens is 388 g/mol. The van der Waals surface area contributed by atoms with Crippen molar-refractivity contribution < 1.29 is 18.3 Å². The fourth-order valence-corrected chi connectivity index (χ4v) is 4.76. The van der Waals surface area contributed by atoms with Crippen LogP contribution in [-0.4, -0.2) is 43.7 Å². The molecule has 2 aliphatic rings. The molecule has 2 aromatic carbocycles. The largest absolute Gasteiger partial charge is 0.465 e. The molecule has 7 heteroatoms. The van der Waals surface area contributed by atoms with Gasteiger partial charge in [0.2, 0.25) is 0 Å². The van der Waals surface area contributed by atoms with Gasteiger partial charge >= 0.3 is 5.97 Å². The number of hydrazine groups is 1. The van der Waals surface area contributed by atoms with Gasteiger partial charge in [0.25, 0.3) is 0 Å². The first kappa shape index (κ1) is 20.9. The summed E-state index contributed by atoms with van der Waals surface area (Å²) in [6.45, 7) is 3.11. The van der Waals surface area contributed by atoms with Crippen molar-refractivity contribution in [3.05, 3.63) is 70.8 Å². The highest BCUT2D eigenvalue weighted by atomic mass is 19.1. The SMILES string of the molecule is COC(=O)c1ccc(CN2CCCC(C3NNCC3c3c(F)cccc3F)C2)cc1. The second-order valence-electron chi connectivity index (χ2n) is 8.12. The van der Waals surface area contributed by atoms with Crippen LogP contribution in [0.2, 0.25) is 0 Å². The number of methoxy groups -OCH3 is 1. The van der Waals surface area contributed by atoms with Crippen molar-refractivity contribution in [1.29, 1.82) is 0 Å². The second kappa shape index (κ2) is 9.20. The molecule has 30 heavy (non-hydrogen) atoms. The molecular formula is C23H27F2N3O2. The van der Waals surface area contributed by atoms with Crippen molar-refractivity contribution in [2.75, 3.05) is 26.7 Å². The Kier molecular flexibility index (Phi) is 6.41. The first-order valence-corrected chi connectivity index (χ1v) is 10.4. The van der Waals surface area contributed by atoms with Crippen LogP contribution in [0.3, 0.4) is 0 Å². The van der Waals surface area contributed by atoms with E-state index in [-0.39, 0.29) is 29.4 Å². The molecule has 2 N–H and O–H groups in total. The Morgan fingerprint density at radius 1 is 1.17 bits per heavy atom. The minimum absolute atomic E-state index is 0.0269. The predicted octanol–water partition coefficient (Wildman–Crippen LogP) is 3.22. The number of hydrogen-bond donors (Lipinski definition) is 2. The van der Waals surface area contributed by atoms with Gasteiger partial charge in [-0.1, -0.05) is 18.2 Å². The van der Waals surface area contributed by atoms with Crippen LogP contribution in [0.1, 0.15) is 40.2 Å². The number of halogens is 2. The fourth-order valence-electron chi connectivity index (χ4n) is 4.76. The van der Waals surface area contributed by atoms with Crippen molar-refractivity contribution >= 4 is 5.97 Å². The lowest BCUT2D eigenvalue weighted by molar-refractivity contribution is 0.0600. The Balaban J connectivity index is 1.44. The molecule has 5 nitrogen and oxygen atoms in total. The molecule has 3 atom stereocenters. The van der Waals surface area contributed by atoms with E-state index in [4.69, 9.17) is 4.74 Å². The van der Waals surface area contributed by atoms with Gasteiger partial charge in [-0.25, -0.2) is 13.6 Å². The molecule has 2 aromatic rings. The third kappa shape index (κ3) is 4.38. The molecule has 0 aromatic heterocycles. The highest BCUT2D eigenvalue weighted by Crippen LogP contribution is 2.34. The number of nitrogens with zero attached hydrogens (tertiary/aromatic N) is 1. The molecule has 3 unspecified atom stereocenters. The first-order valence-electron chi connectivity index (χ1n) is 10.4. The highest BCUT2D eigenvalue weighted by molar-refractivity contribution is 5.89. The molecule has 0 amide bonds. The lowest BCUT2D eigenvalue weighted by Gasteiger charge is -2.37. The normalized spacial score (nSPS) is 24.7. The number of ether oxygens (including phenoxy) is 1. The fraction of sp³-hybridized carbons (Fsp3) is 0.435. The summed E-state index contributed by atoms with van der Waals surface area (Å²) in [5.74, 6) is -1.25. The van der Waals surface area contributed by atoms with Gasteiger partial charge in [0, 0.05) is 37.2 Å². The third-order valence-electron chi connectivity index (χ3n) is 6.23. The van der Waals surface area contributed by atoms with Crippen LogP contribution in [0.4, 0.5) is 8.78 Å². The molecule has 0 spiro atoms. The Labute approximate surface area is 175 Å². The Bertz CT molecular complexity index is 870. The van der Waals surface area contributed by atoms with Gasteiger partial charge < -0.3 is 4.74 Å². The van der Waals surface area contributed by atoms with Crippen LogP contribution in [0.25, 0.3) is 0 Å². The van der Waals surface area contributed by atoms with Gasteiger partial charge in [0.15, 0.2) is 0 Å². The van der Waals surface area contributed by atoms with Gasteiger partial charge in [0.05, 0.1) is 12.7 Å². The summed E-state index contributed by atoms with van der Waals surface area (Å²) < 4.78 is 33.5. The van der Waals surface area contributed by atoms with Gasteiger partial charge in [-0.15, -0.1) is 0 Å². The minimum atomic E-state index is -0.478. The number of carbonyl (C=O) groups excluding carboxylic acids is 1. The number of esters is 1. The Morgan fingerprint density at radius 3 is 2.60 bits per heavy atom. The molecule has 0 saturated carbocycles. The summed E-state index contributed by atoms with van der Waals surface area (Å²) in [5.41, 5.74) is 8.23. The number of piperidine rings is 1. The molecule has 0 radical (unpaired) electrons. The van der Waals surface area contributed by atoms with E-state index >= 15 is 0 Å². The van der Waals surface area contributed by atoms with Gasteiger partial charge in [-0.3, -0.25) is 15.8 Å². The zero-order valence-electron chi connectivity index (χ0n) is 17.0. The average Bonchev–Trinajstić information content (AvgIpc) is 3.23. The zero-order chi connectivity index (χ0) is 21.1. The van der Waals surface area contributed by atoms with Crippen LogP contribution >= 0.6 is 0 Å². The van der Waals surface area contributed by atoms with Crippen LogP contribution in [0, 0.1) is 17.6 Å². The number of carbonyl (C=O) groups is 1. The van der Waals surface area contributed by atoms with Crippen molar-refractivity contribution in [3.8, 4) is 0 Å². The van der Waals surface area contributed by atoms with Crippen LogP contribution in [0.15, 0.2) is 42.5 Å². The maximum Gasteiger partial charge on any atom is 0.337 e. The molecule has 2 saturated heterocycles. The van der Waals surface area contributed by atoms with Crippen LogP contribution in [-0.2, 0) is 11.3 Å². The van der Waals surface area contributed by atoms with E-state index in [1.165, 1.54) is 25.3 Å². The lowest BCUT2D eigenvalue weighted by Crippen LogP contribution is -2.46. The maximum atomic E-state index is 14.4. The number of likely N-dealkylation sites (tertiary alicyclic amines) is 1. The van der Waals surface area contributed by atoms with Crippen LogP contribution in [0.5, 0.6) is 0 Å². The van der Waals surface area contributed by atoms with E-state index in [2.05, 4.69) is 15.8 Å². The standard InChI is InChI=1S/C23H27F2N3O2/c1-30-23(29)16-9-7-15(8-10-16)13-28-11-3-4-17(14-28)22-18(12-26-27-22)21-19(24)5-2-6-20(21)25/h2,5-10,17-18,22,26-27H,3-4,11-14H2,1H3. The number of rotatable bonds is 5. The van der Waals surface area contributed by atoms with Crippen LogP contribution < -0.4 is 10.9 Å². The van der Waals surface area contributed by atoms with E-state index in [1.807, 2.05) is 12.1 Å². The third-order valence-corrected chi connectivity index (χ3v) is 6.23. The monoisotopic (exact) mass is 415 g/mol. The summed E-state index contributed by atoms with van der Waals surface area (Å²) in [4.78, 5) is 14.0. The number of hydrogen-bond acceptors (Lipinski definition) is 5. The van der Waals surface area contributed by atoms with E-state index < -0.39 is 11.6 Å². The summed E-state index contributed by atoms with van der Waals surface area (Å²) >= 11 is 0. The van der Waals surface area contributed by atoms with Crippen molar-refractivity contribution in [2.24, 2.45) is 5.92 Å². The summed E-state index contributed by atoms with van der Waals surface area (Å²) in [5, 5.41) is 0. The Morgan fingerprint density at radius 2 is 1.90 bits per heavy atom. The second-order valence-corrected chi connectivity index (χ2v) is 8.12. The minimum Gasteiger partial charge on any atom is -0.465 e.